The lowest BCUT2D eigenvalue weighted by atomic mass is 9.99. The number of hydrogen-bond donors (Lipinski definition) is 6. The molecule has 1 heterocycles. The topological polar surface area (TPSA) is 203 Å². The standard InChI is InChI=1S/C32H37NO13/c1-4-33-20-15-22(21(41-2)14-19(20)30(38)39)45-32-29(37)28(36)27(35)25(46-32)16-44-31(40)18-12-23(42-3)26(34)24(13-18)43-11-10-17-8-6-5-7-9-17/h5-9,12-15,25,27-29,32-37H,4,10-11,16H2,1-3H3,(H,38,39)/t25-,27-,28+,29-,32-/m1/s1. The average Bonchev–Trinajstić information content (AvgIpc) is 3.05. The molecule has 1 fully saturated rings. The van der Waals surface area contributed by atoms with Crippen LogP contribution in [0, 0.1) is 0 Å². The van der Waals surface area contributed by atoms with Crippen molar-refractivity contribution in [2.75, 3.05) is 39.3 Å². The van der Waals surface area contributed by atoms with Gasteiger partial charge in [0, 0.05) is 25.1 Å². The smallest absolute Gasteiger partial charge is 0.338 e. The summed E-state index contributed by atoms with van der Waals surface area (Å²) in [5, 5.41) is 54.7. The third kappa shape index (κ3) is 7.90. The summed E-state index contributed by atoms with van der Waals surface area (Å²) in [4.78, 5) is 24.8. The largest absolute Gasteiger partial charge is 0.502 e. The van der Waals surface area contributed by atoms with Gasteiger partial charge in [-0.3, -0.25) is 0 Å². The molecule has 1 saturated heterocycles. The Morgan fingerprint density at radius 3 is 2.24 bits per heavy atom. The number of aromatic hydroxyl groups is 1. The van der Waals surface area contributed by atoms with E-state index in [1.807, 2.05) is 30.3 Å². The molecule has 0 saturated carbocycles. The molecule has 0 amide bonds. The van der Waals surface area contributed by atoms with Crippen LogP contribution >= 0.6 is 0 Å². The molecular formula is C32H37NO13. The van der Waals surface area contributed by atoms with Crippen LogP contribution in [-0.2, 0) is 15.9 Å². The molecule has 14 nitrogen and oxygen atoms in total. The van der Waals surface area contributed by atoms with Crippen LogP contribution in [0.2, 0.25) is 0 Å². The summed E-state index contributed by atoms with van der Waals surface area (Å²) < 4.78 is 33.0. The van der Waals surface area contributed by atoms with Gasteiger partial charge in [-0.2, -0.15) is 0 Å². The Morgan fingerprint density at radius 1 is 0.891 bits per heavy atom. The molecule has 3 aromatic rings. The molecule has 0 aliphatic carbocycles. The van der Waals surface area contributed by atoms with E-state index in [-0.39, 0.29) is 52.2 Å². The van der Waals surface area contributed by atoms with Crippen molar-refractivity contribution in [2.24, 2.45) is 0 Å². The molecule has 4 rings (SSSR count). The fourth-order valence-electron chi connectivity index (χ4n) is 4.73. The van der Waals surface area contributed by atoms with Gasteiger partial charge < -0.3 is 59.3 Å². The number of phenolic OH excluding ortho intramolecular Hbond substituents is 1. The molecular weight excluding hydrogens is 606 g/mol. The van der Waals surface area contributed by atoms with E-state index in [0.717, 1.165) is 5.56 Å². The van der Waals surface area contributed by atoms with Crippen molar-refractivity contribution in [1.82, 2.24) is 0 Å². The van der Waals surface area contributed by atoms with E-state index in [2.05, 4.69) is 5.32 Å². The zero-order valence-corrected chi connectivity index (χ0v) is 25.4. The summed E-state index contributed by atoms with van der Waals surface area (Å²) in [6, 6.07) is 14.6. The van der Waals surface area contributed by atoms with E-state index in [1.165, 1.54) is 38.5 Å². The Bertz CT molecular complexity index is 1500. The van der Waals surface area contributed by atoms with Crippen molar-refractivity contribution in [3.05, 3.63) is 71.3 Å². The summed E-state index contributed by atoms with van der Waals surface area (Å²) in [5.74, 6) is -2.48. The van der Waals surface area contributed by atoms with Crippen LogP contribution in [0.3, 0.4) is 0 Å². The van der Waals surface area contributed by atoms with Crippen molar-refractivity contribution in [3.8, 4) is 28.7 Å². The third-order valence-electron chi connectivity index (χ3n) is 7.18. The number of carbonyl (C=O) groups excluding carboxylic acids is 1. The Labute approximate surface area is 264 Å². The lowest BCUT2D eigenvalue weighted by Crippen LogP contribution is -2.60. The van der Waals surface area contributed by atoms with E-state index < -0.39 is 49.3 Å². The maximum absolute atomic E-state index is 13.0. The Balaban J connectivity index is 1.47. The molecule has 0 aromatic heterocycles. The van der Waals surface area contributed by atoms with Gasteiger partial charge in [-0.05, 0) is 24.6 Å². The number of esters is 1. The summed E-state index contributed by atoms with van der Waals surface area (Å²) in [6.45, 7) is 1.78. The van der Waals surface area contributed by atoms with E-state index in [9.17, 15) is 35.1 Å². The monoisotopic (exact) mass is 643 g/mol. The van der Waals surface area contributed by atoms with Crippen molar-refractivity contribution in [1.29, 1.82) is 0 Å². The zero-order valence-electron chi connectivity index (χ0n) is 25.4. The van der Waals surface area contributed by atoms with Crippen LogP contribution in [0.5, 0.6) is 28.7 Å². The highest BCUT2D eigenvalue weighted by Crippen LogP contribution is 2.38. The average molecular weight is 644 g/mol. The number of aliphatic hydroxyl groups is 3. The number of rotatable bonds is 14. The Kier molecular flexibility index (Phi) is 11.5. The SMILES string of the molecule is CCNc1cc(O[C@@H]2O[C@H](COC(=O)c3cc(OC)c(O)c(OCCc4ccccc4)c3)[C@@H](O)[C@H](O)[C@H]2O)c(OC)cc1C(=O)O. The van der Waals surface area contributed by atoms with Gasteiger partial charge in [0.25, 0.3) is 0 Å². The number of benzene rings is 3. The second kappa shape index (κ2) is 15.5. The van der Waals surface area contributed by atoms with Crippen molar-refractivity contribution in [3.63, 3.8) is 0 Å². The van der Waals surface area contributed by atoms with Crippen LogP contribution in [0.15, 0.2) is 54.6 Å². The van der Waals surface area contributed by atoms with Gasteiger partial charge >= 0.3 is 11.9 Å². The van der Waals surface area contributed by atoms with Crippen LogP contribution in [0.25, 0.3) is 0 Å². The van der Waals surface area contributed by atoms with Crippen LogP contribution in [0.1, 0.15) is 33.2 Å². The highest BCUT2D eigenvalue weighted by molar-refractivity contribution is 5.95. The molecule has 3 aromatic carbocycles. The molecule has 0 radical (unpaired) electrons. The highest BCUT2D eigenvalue weighted by atomic mass is 16.7. The van der Waals surface area contributed by atoms with Crippen LogP contribution < -0.4 is 24.3 Å². The molecule has 5 atom stereocenters. The Morgan fingerprint density at radius 2 is 1.59 bits per heavy atom. The van der Waals surface area contributed by atoms with E-state index in [0.29, 0.717) is 13.0 Å². The van der Waals surface area contributed by atoms with Gasteiger partial charge in [0.1, 0.15) is 31.0 Å². The quantitative estimate of drug-likeness (QED) is 0.140. The fraction of sp³-hybridized carbons (Fsp3) is 0.375. The maximum Gasteiger partial charge on any atom is 0.338 e. The van der Waals surface area contributed by atoms with Gasteiger partial charge in [-0.25, -0.2) is 9.59 Å². The normalized spacial score (nSPS) is 20.8. The van der Waals surface area contributed by atoms with E-state index >= 15 is 0 Å². The summed E-state index contributed by atoms with van der Waals surface area (Å²) in [6.07, 6.45) is -7.59. The number of ether oxygens (including phenoxy) is 6. The van der Waals surface area contributed by atoms with Gasteiger partial charge in [0.2, 0.25) is 12.0 Å². The Hall–Kier alpha value is -4.76. The summed E-state index contributed by atoms with van der Waals surface area (Å²) in [5.41, 5.74) is 1.09. The number of hydrogen-bond acceptors (Lipinski definition) is 13. The number of methoxy groups -OCH3 is 2. The maximum atomic E-state index is 13.0. The molecule has 46 heavy (non-hydrogen) atoms. The number of carbonyl (C=O) groups is 2. The lowest BCUT2D eigenvalue weighted by Gasteiger charge is -2.40. The zero-order chi connectivity index (χ0) is 33.4. The first kappa shape index (κ1) is 34.1. The number of phenols is 1. The van der Waals surface area contributed by atoms with Crippen molar-refractivity contribution >= 4 is 17.6 Å². The molecule has 1 aliphatic heterocycles. The predicted molar refractivity (Wildman–Crippen MR) is 162 cm³/mol. The second-order valence-electron chi connectivity index (χ2n) is 10.2. The van der Waals surface area contributed by atoms with Crippen LogP contribution in [-0.4, -0.2) is 102 Å². The number of carboxylic acids is 1. The number of aliphatic hydroxyl groups excluding tert-OH is 3. The molecule has 0 bridgehead atoms. The first-order valence-electron chi connectivity index (χ1n) is 14.4. The molecule has 0 unspecified atom stereocenters. The van der Waals surface area contributed by atoms with Gasteiger partial charge in [-0.1, -0.05) is 30.3 Å². The molecule has 0 spiro atoms. The number of carboxylic acid groups (broad SMARTS) is 1. The van der Waals surface area contributed by atoms with Gasteiger partial charge in [0.05, 0.1) is 37.6 Å². The minimum absolute atomic E-state index is 0.00140. The first-order chi connectivity index (χ1) is 22.1. The van der Waals surface area contributed by atoms with E-state index in [4.69, 9.17) is 28.4 Å². The van der Waals surface area contributed by atoms with Gasteiger partial charge in [0.15, 0.2) is 23.0 Å². The third-order valence-corrected chi connectivity index (χ3v) is 7.18. The number of aromatic carboxylic acids is 1. The fourth-order valence-corrected chi connectivity index (χ4v) is 4.73. The predicted octanol–water partition coefficient (Wildman–Crippen LogP) is 2.20. The van der Waals surface area contributed by atoms with Crippen molar-refractivity contribution < 1.29 is 63.5 Å². The summed E-state index contributed by atoms with van der Waals surface area (Å²) >= 11 is 0. The lowest BCUT2D eigenvalue weighted by molar-refractivity contribution is -0.277. The number of nitrogens with one attached hydrogen (secondary N) is 1. The van der Waals surface area contributed by atoms with E-state index in [1.54, 1.807) is 6.92 Å². The number of anilines is 1. The van der Waals surface area contributed by atoms with Gasteiger partial charge in [-0.15, -0.1) is 0 Å². The molecule has 14 heteroatoms. The minimum atomic E-state index is -1.77. The minimum Gasteiger partial charge on any atom is -0.502 e. The molecule has 1 aliphatic rings. The van der Waals surface area contributed by atoms with Crippen LogP contribution in [0.4, 0.5) is 5.69 Å². The van der Waals surface area contributed by atoms with Crippen molar-refractivity contribution in [2.45, 2.75) is 44.1 Å². The first-order valence-corrected chi connectivity index (χ1v) is 14.4. The second-order valence-corrected chi connectivity index (χ2v) is 10.2. The molecule has 6 N–H and O–H groups in total. The highest BCUT2D eigenvalue weighted by Gasteiger charge is 2.46. The molecule has 248 valence electrons. The summed E-state index contributed by atoms with van der Waals surface area (Å²) in [7, 11) is 2.60.